The number of rotatable bonds is 4. The quantitative estimate of drug-likeness (QED) is 0.727. The van der Waals surface area contributed by atoms with Crippen molar-refractivity contribution < 1.29 is 9.53 Å². The fourth-order valence-corrected chi connectivity index (χ4v) is 1.58. The molecule has 15 heavy (non-hydrogen) atoms. The number of carbonyl (C=O) groups is 1. The molecule has 1 rings (SSSR count). The topological polar surface area (TPSA) is 38.3 Å². The van der Waals surface area contributed by atoms with E-state index in [4.69, 9.17) is 4.74 Å². The Balaban J connectivity index is 2.32. The first-order chi connectivity index (χ1) is 6.79. The first-order valence-corrected chi connectivity index (χ1v) is 5.78. The van der Waals surface area contributed by atoms with E-state index in [-0.39, 0.29) is 12.0 Å². The van der Waals surface area contributed by atoms with Crippen molar-refractivity contribution in [2.45, 2.75) is 65.1 Å². The smallest absolute Gasteiger partial charge is 0.323 e. The molecule has 0 amide bonds. The van der Waals surface area contributed by atoms with Crippen LogP contribution in [0.4, 0.5) is 0 Å². The maximum atomic E-state index is 11.7. The Hall–Kier alpha value is -0.570. The summed E-state index contributed by atoms with van der Waals surface area (Å²) in [4.78, 5) is 11.7. The van der Waals surface area contributed by atoms with Gasteiger partial charge in [0.2, 0.25) is 0 Å². The Kier molecular flexibility index (Phi) is 3.77. The van der Waals surface area contributed by atoms with E-state index in [0.29, 0.717) is 6.04 Å². The van der Waals surface area contributed by atoms with Crippen molar-refractivity contribution in [3.63, 3.8) is 0 Å². The highest BCUT2D eigenvalue weighted by Crippen LogP contribution is 2.32. The molecule has 0 spiro atoms. The zero-order valence-corrected chi connectivity index (χ0v) is 10.5. The highest BCUT2D eigenvalue weighted by atomic mass is 16.6. The molecule has 0 bridgehead atoms. The van der Waals surface area contributed by atoms with E-state index in [2.05, 4.69) is 12.2 Å². The van der Waals surface area contributed by atoms with E-state index in [9.17, 15) is 4.79 Å². The summed E-state index contributed by atoms with van der Waals surface area (Å²) in [6.45, 7) is 9.68. The molecule has 0 aromatic rings. The van der Waals surface area contributed by atoms with E-state index in [1.54, 1.807) is 0 Å². The Morgan fingerprint density at radius 3 is 2.27 bits per heavy atom. The van der Waals surface area contributed by atoms with E-state index in [1.165, 1.54) is 12.8 Å². The average Bonchev–Trinajstić information content (AvgIpc) is 2.82. The van der Waals surface area contributed by atoms with Crippen LogP contribution in [0, 0.1) is 5.92 Å². The van der Waals surface area contributed by atoms with Crippen LogP contribution in [0.15, 0.2) is 0 Å². The van der Waals surface area contributed by atoms with Gasteiger partial charge in [-0.1, -0.05) is 0 Å². The fraction of sp³-hybridized carbons (Fsp3) is 0.917. The lowest BCUT2D eigenvalue weighted by atomic mass is 10.1. The summed E-state index contributed by atoms with van der Waals surface area (Å²) in [6, 6.07) is 0.215. The predicted molar refractivity (Wildman–Crippen MR) is 60.6 cm³/mol. The molecule has 0 heterocycles. The first-order valence-electron chi connectivity index (χ1n) is 5.78. The third-order valence-corrected chi connectivity index (χ3v) is 2.60. The molecule has 1 saturated carbocycles. The fourth-order valence-electron chi connectivity index (χ4n) is 1.58. The van der Waals surface area contributed by atoms with Gasteiger partial charge >= 0.3 is 5.97 Å². The molecule has 3 nitrogen and oxygen atoms in total. The van der Waals surface area contributed by atoms with Crippen molar-refractivity contribution in [2.75, 3.05) is 0 Å². The summed E-state index contributed by atoms with van der Waals surface area (Å²) in [6.07, 6.45) is 2.57. The molecule has 0 aliphatic heterocycles. The van der Waals surface area contributed by atoms with Crippen molar-refractivity contribution >= 4 is 5.97 Å². The number of nitrogens with one attached hydrogen (secondary N) is 1. The molecule has 0 saturated heterocycles. The molecule has 3 heteroatoms. The van der Waals surface area contributed by atoms with Gasteiger partial charge < -0.3 is 10.1 Å². The van der Waals surface area contributed by atoms with Crippen LogP contribution in [-0.2, 0) is 9.53 Å². The number of hydrogen-bond acceptors (Lipinski definition) is 3. The molecule has 1 aliphatic rings. The van der Waals surface area contributed by atoms with Gasteiger partial charge in [-0.2, -0.15) is 0 Å². The van der Waals surface area contributed by atoms with Gasteiger partial charge in [0.05, 0.1) is 0 Å². The average molecular weight is 213 g/mol. The van der Waals surface area contributed by atoms with E-state index >= 15 is 0 Å². The minimum atomic E-state index is -0.393. The van der Waals surface area contributed by atoms with Crippen molar-refractivity contribution in [1.29, 1.82) is 0 Å². The molecule has 88 valence electrons. The molecule has 0 aromatic heterocycles. The van der Waals surface area contributed by atoms with Gasteiger partial charge in [-0.3, -0.25) is 4.79 Å². The molecule has 0 aromatic carbocycles. The van der Waals surface area contributed by atoms with Crippen molar-refractivity contribution in [3.8, 4) is 0 Å². The second-order valence-corrected chi connectivity index (χ2v) is 5.55. The standard InChI is InChI=1S/C12H23NO2/c1-8(10-6-7-10)13-9(2)11(14)15-12(3,4)5/h8-10,13H,6-7H2,1-5H3. The molecular formula is C12H23NO2. The number of carbonyl (C=O) groups excluding carboxylic acids is 1. The third-order valence-electron chi connectivity index (χ3n) is 2.60. The van der Waals surface area contributed by atoms with Crippen LogP contribution < -0.4 is 5.32 Å². The van der Waals surface area contributed by atoms with Gasteiger partial charge in [-0.05, 0) is 53.4 Å². The second kappa shape index (κ2) is 4.52. The van der Waals surface area contributed by atoms with E-state index in [0.717, 1.165) is 5.92 Å². The second-order valence-electron chi connectivity index (χ2n) is 5.55. The monoisotopic (exact) mass is 213 g/mol. The van der Waals surface area contributed by atoms with E-state index < -0.39 is 5.60 Å². The molecule has 1 fully saturated rings. The zero-order chi connectivity index (χ0) is 11.6. The molecule has 1 aliphatic carbocycles. The van der Waals surface area contributed by atoms with Crippen LogP contribution in [0.25, 0.3) is 0 Å². The summed E-state index contributed by atoms with van der Waals surface area (Å²) in [5.41, 5.74) is -0.393. The molecule has 1 N–H and O–H groups in total. The molecular weight excluding hydrogens is 190 g/mol. The number of hydrogen-bond donors (Lipinski definition) is 1. The van der Waals surface area contributed by atoms with Crippen LogP contribution in [0.3, 0.4) is 0 Å². The van der Waals surface area contributed by atoms with Crippen LogP contribution in [-0.4, -0.2) is 23.7 Å². The first kappa shape index (κ1) is 12.5. The van der Waals surface area contributed by atoms with Crippen LogP contribution >= 0.6 is 0 Å². The summed E-state index contributed by atoms with van der Waals surface area (Å²) in [5, 5.41) is 3.29. The van der Waals surface area contributed by atoms with Crippen molar-refractivity contribution in [2.24, 2.45) is 5.92 Å². The summed E-state index contributed by atoms with van der Waals surface area (Å²) in [7, 11) is 0. The lowest BCUT2D eigenvalue weighted by molar-refractivity contribution is -0.157. The van der Waals surface area contributed by atoms with Crippen molar-refractivity contribution in [3.05, 3.63) is 0 Å². The van der Waals surface area contributed by atoms with Crippen LogP contribution in [0.2, 0.25) is 0 Å². The van der Waals surface area contributed by atoms with Crippen LogP contribution in [0.5, 0.6) is 0 Å². The third kappa shape index (κ3) is 4.65. The normalized spacial score (nSPS) is 20.9. The maximum Gasteiger partial charge on any atom is 0.323 e. The Morgan fingerprint density at radius 2 is 1.87 bits per heavy atom. The predicted octanol–water partition coefficient (Wildman–Crippen LogP) is 2.10. The minimum absolute atomic E-state index is 0.157. The molecule has 0 radical (unpaired) electrons. The van der Waals surface area contributed by atoms with Gasteiger partial charge in [0.1, 0.15) is 11.6 Å². The van der Waals surface area contributed by atoms with Gasteiger partial charge in [-0.15, -0.1) is 0 Å². The Bertz CT molecular complexity index is 228. The lowest BCUT2D eigenvalue weighted by Gasteiger charge is -2.24. The highest BCUT2D eigenvalue weighted by molar-refractivity contribution is 5.75. The van der Waals surface area contributed by atoms with E-state index in [1.807, 2.05) is 27.7 Å². The Labute approximate surface area is 92.6 Å². The SMILES string of the molecule is CC(NC(C)C1CC1)C(=O)OC(C)(C)C. The maximum absolute atomic E-state index is 11.7. The van der Waals surface area contributed by atoms with Gasteiger partial charge in [0.15, 0.2) is 0 Å². The largest absolute Gasteiger partial charge is 0.459 e. The van der Waals surface area contributed by atoms with Gasteiger partial charge in [-0.25, -0.2) is 0 Å². The number of ether oxygens (including phenoxy) is 1. The summed E-state index contributed by atoms with van der Waals surface area (Å²) >= 11 is 0. The van der Waals surface area contributed by atoms with Gasteiger partial charge in [0.25, 0.3) is 0 Å². The zero-order valence-electron chi connectivity index (χ0n) is 10.5. The highest BCUT2D eigenvalue weighted by Gasteiger charge is 2.30. The summed E-state index contributed by atoms with van der Waals surface area (Å²) in [5.74, 6) is 0.602. The lowest BCUT2D eigenvalue weighted by Crippen LogP contribution is -2.44. The van der Waals surface area contributed by atoms with Crippen LogP contribution in [0.1, 0.15) is 47.5 Å². The molecule has 2 atom stereocenters. The Morgan fingerprint density at radius 1 is 1.33 bits per heavy atom. The van der Waals surface area contributed by atoms with Crippen molar-refractivity contribution in [1.82, 2.24) is 5.32 Å². The summed E-state index contributed by atoms with van der Waals surface area (Å²) < 4.78 is 5.30. The minimum Gasteiger partial charge on any atom is -0.459 e. The number of esters is 1. The van der Waals surface area contributed by atoms with Gasteiger partial charge in [0, 0.05) is 6.04 Å². The molecule has 2 unspecified atom stereocenters.